The van der Waals surface area contributed by atoms with Crippen LogP contribution < -0.4 is 10.9 Å². The lowest BCUT2D eigenvalue weighted by molar-refractivity contribution is -0.127. The zero-order valence-electron chi connectivity index (χ0n) is 16.9. The fraction of sp³-hybridized carbons (Fsp3) is 0.429. The van der Waals surface area contributed by atoms with E-state index < -0.39 is 17.3 Å². The van der Waals surface area contributed by atoms with E-state index in [0.717, 1.165) is 17.1 Å². The van der Waals surface area contributed by atoms with Crippen LogP contribution in [-0.4, -0.2) is 30.9 Å². The summed E-state index contributed by atoms with van der Waals surface area (Å²) in [6, 6.07) is 3.27. The first kappa shape index (κ1) is 20.0. The zero-order chi connectivity index (χ0) is 22.1. The van der Waals surface area contributed by atoms with Gasteiger partial charge in [-0.1, -0.05) is 6.07 Å². The van der Waals surface area contributed by atoms with Crippen LogP contribution in [0.25, 0.3) is 10.9 Å². The fourth-order valence-corrected chi connectivity index (χ4v) is 5.58. The van der Waals surface area contributed by atoms with Crippen molar-refractivity contribution >= 4 is 34.1 Å². The van der Waals surface area contributed by atoms with Gasteiger partial charge in [0.25, 0.3) is 5.56 Å². The number of fused-ring (bicyclic) bond motifs is 3. The van der Waals surface area contributed by atoms with Crippen LogP contribution in [0.5, 0.6) is 0 Å². The van der Waals surface area contributed by atoms with Crippen molar-refractivity contribution in [2.45, 2.75) is 57.0 Å². The standard InChI is InChI=1S/C21H20F2N4O3S/c1-10-5-12(11(2)24-14-7-31-26-16(14)18(29)30)15-13(6-10)17(28)27-4-3-20(19(27)25-15)8-21(22,23)9-20/h5-7,11,24H,3-4,8-9H2,1-2H3,(H,29,30)/t11-/m1/s1. The summed E-state index contributed by atoms with van der Waals surface area (Å²) in [4.78, 5) is 29.4. The highest BCUT2D eigenvalue weighted by Gasteiger charge is 2.61. The molecule has 3 heterocycles. The summed E-state index contributed by atoms with van der Waals surface area (Å²) in [6.07, 6.45) is -0.0726. The molecule has 0 saturated heterocycles. The molecule has 7 nitrogen and oxygen atoms in total. The second kappa shape index (κ2) is 6.56. The number of benzene rings is 1. The first-order chi connectivity index (χ1) is 14.6. The molecule has 1 aliphatic heterocycles. The van der Waals surface area contributed by atoms with E-state index in [1.807, 2.05) is 19.9 Å². The van der Waals surface area contributed by atoms with Crippen molar-refractivity contribution < 1.29 is 18.7 Å². The van der Waals surface area contributed by atoms with Crippen LogP contribution >= 0.6 is 11.5 Å². The van der Waals surface area contributed by atoms with Crippen LogP contribution in [0.1, 0.15) is 59.7 Å². The molecular formula is C21H20F2N4O3S. The van der Waals surface area contributed by atoms with E-state index in [1.165, 1.54) is 0 Å². The molecule has 2 aromatic heterocycles. The number of nitrogens with one attached hydrogen (secondary N) is 1. The highest BCUT2D eigenvalue weighted by Crippen LogP contribution is 2.57. The van der Waals surface area contributed by atoms with Crippen molar-refractivity contribution in [2.75, 3.05) is 5.32 Å². The third-order valence-corrected chi connectivity index (χ3v) is 6.95. The van der Waals surface area contributed by atoms with Crippen molar-refractivity contribution in [3.8, 4) is 0 Å². The number of rotatable bonds is 4. The summed E-state index contributed by atoms with van der Waals surface area (Å²) in [7, 11) is 0. The number of alkyl halides is 2. The predicted molar refractivity (Wildman–Crippen MR) is 112 cm³/mol. The number of carbonyl (C=O) groups is 1. The Morgan fingerprint density at radius 1 is 1.35 bits per heavy atom. The molecule has 2 aliphatic rings. The number of carboxylic acid groups (broad SMARTS) is 1. The third-order valence-electron chi connectivity index (χ3n) is 6.33. The molecule has 0 unspecified atom stereocenters. The molecule has 162 valence electrons. The molecule has 31 heavy (non-hydrogen) atoms. The Labute approximate surface area is 179 Å². The Balaban J connectivity index is 1.63. The van der Waals surface area contributed by atoms with Gasteiger partial charge in [-0.3, -0.25) is 9.36 Å². The molecule has 5 rings (SSSR count). The van der Waals surface area contributed by atoms with Crippen LogP contribution in [0.4, 0.5) is 14.5 Å². The highest BCUT2D eigenvalue weighted by molar-refractivity contribution is 7.04. The summed E-state index contributed by atoms with van der Waals surface area (Å²) in [6.45, 7) is 4.11. The van der Waals surface area contributed by atoms with Gasteiger partial charge in [0.1, 0.15) is 5.82 Å². The van der Waals surface area contributed by atoms with Gasteiger partial charge < -0.3 is 10.4 Å². The van der Waals surface area contributed by atoms with Gasteiger partial charge in [-0.05, 0) is 43.4 Å². The summed E-state index contributed by atoms with van der Waals surface area (Å²) >= 11 is 1.03. The van der Waals surface area contributed by atoms with Gasteiger partial charge >= 0.3 is 5.97 Å². The minimum absolute atomic E-state index is 0.0709. The molecule has 0 radical (unpaired) electrons. The smallest absolute Gasteiger partial charge is 0.357 e. The van der Waals surface area contributed by atoms with Gasteiger partial charge in [0.05, 0.1) is 22.6 Å². The minimum atomic E-state index is -2.72. The Morgan fingerprint density at radius 2 is 2.10 bits per heavy atom. The number of aryl methyl sites for hydroxylation is 1. The maximum Gasteiger partial charge on any atom is 0.357 e. The Morgan fingerprint density at radius 3 is 2.77 bits per heavy atom. The van der Waals surface area contributed by atoms with Crippen LogP contribution in [0.15, 0.2) is 22.3 Å². The lowest BCUT2D eigenvalue weighted by Gasteiger charge is -2.43. The van der Waals surface area contributed by atoms with E-state index in [1.54, 1.807) is 16.0 Å². The SMILES string of the molecule is Cc1cc([C@@H](C)Nc2csnc2C(=O)O)c2nc3n(c(=O)c2c1)CCC31CC(F)(F)C1. The van der Waals surface area contributed by atoms with Crippen molar-refractivity contribution in [1.82, 2.24) is 13.9 Å². The van der Waals surface area contributed by atoms with E-state index >= 15 is 0 Å². The number of aromatic nitrogens is 3. The third kappa shape index (κ3) is 3.03. The van der Waals surface area contributed by atoms with Gasteiger partial charge in [0.2, 0.25) is 5.92 Å². The quantitative estimate of drug-likeness (QED) is 0.626. The molecule has 0 amide bonds. The Bertz CT molecular complexity index is 1290. The lowest BCUT2D eigenvalue weighted by atomic mass is 9.65. The number of carboxylic acids is 1. The van der Waals surface area contributed by atoms with Crippen molar-refractivity contribution in [3.63, 3.8) is 0 Å². The zero-order valence-corrected chi connectivity index (χ0v) is 17.7. The average molecular weight is 446 g/mol. The van der Waals surface area contributed by atoms with Gasteiger partial charge in [-0.15, -0.1) is 0 Å². The monoisotopic (exact) mass is 446 g/mol. The largest absolute Gasteiger partial charge is 0.476 e. The van der Waals surface area contributed by atoms with Crippen molar-refractivity contribution in [3.05, 3.63) is 50.5 Å². The summed E-state index contributed by atoms with van der Waals surface area (Å²) in [5.74, 6) is -3.41. The van der Waals surface area contributed by atoms with Crippen LogP contribution in [0.2, 0.25) is 0 Å². The molecule has 0 bridgehead atoms. The minimum Gasteiger partial charge on any atom is -0.476 e. The van der Waals surface area contributed by atoms with Gasteiger partial charge in [-0.2, -0.15) is 4.37 Å². The number of hydrogen-bond acceptors (Lipinski definition) is 6. The molecule has 10 heteroatoms. The van der Waals surface area contributed by atoms with E-state index in [9.17, 15) is 23.5 Å². The molecule has 1 fully saturated rings. The lowest BCUT2D eigenvalue weighted by Crippen LogP contribution is -2.49. The van der Waals surface area contributed by atoms with E-state index in [2.05, 4.69) is 9.69 Å². The Hall–Kier alpha value is -2.88. The van der Waals surface area contributed by atoms with Crippen LogP contribution in [0, 0.1) is 6.92 Å². The van der Waals surface area contributed by atoms with Crippen LogP contribution in [0.3, 0.4) is 0 Å². The number of nitrogens with zero attached hydrogens (tertiary/aromatic N) is 3. The van der Waals surface area contributed by atoms with Crippen LogP contribution in [-0.2, 0) is 12.0 Å². The van der Waals surface area contributed by atoms with Crippen molar-refractivity contribution in [1.29, 1.82) is 0 Å². The topological polar surface area (TPSA) is 97.1 Å². The number of halogens is 2. The van der Waals surface area contributed by atoms with Gasteiger partial charge in [0, 0.05) is 35.7 Å². The molecule has 1 aromatic carbocycles. The fourth-order valence-electron chi connectivity index (χ4n) is 4.96. The first-order valence-corrected chi connectivity index (χ1v) is 10.8. The second-order valence-electron chi connectivity index (χ2n) is 8.63. The molecule has 1 atom stereocenters. The summed E-state index contributed by atoms with van der Waals surface area (Å²) in [5, 5.41) is 14.5. The molecule has 1 spiro atoms. The number of aromatic carboxylic acids is 1. The molecule has 1 saturated carbocycles. The Kier molecular flexibility index (Phi) is 4.24. The van der Waals surface area contributed by atoms with Gasteiger partial charge in [0.15, 0.2) is 5.69 Å². The molecule has 1 aliphatic carbocycles. The molecule has 2 N–H and O–H groups in total. The molecular weight excluding hydrogens is 426 g/mol. The highest BCUT2D eigenvalue weighted by atomic mass is 32.1. The first-order valence-electron chi connectivity index (χ1n) is 9.98. The number of hydrogen-bond donors (Lipinski definition) is 2. The average Bonchev–Trinajstić information content (AvgIpc) is 3.27. The maximum absolute atomic E-state index is 13.7. The summed E-state index contributed by atoms with van der Waals surface area (Å²) < 4.78 is 32.9. The van der Waals surface area contributed by atoms with E-state index in [0.29, 0.717) is 40.9 Å². The normalized spacial score (nSPS) is 19.2. The number of anilines is 1. The predicted octanol–water partition coefficient (Wildman–Crippen LogP) is 4.10. The second-order valence-corrected chi connectivity index (χ2v) is 9.26. The maximum atomic E-state index is 13.7. The molecule has 3 aromatic rings. The van der Waals surface area contributed by atoms with Crippen molar-refractivity contribution in [2.24, 2.45) is 0 Å². The summed E-state index contributed by atoms with van der Waals surface area (Å²) in [5.41, 5.74) is 1.40. The van der Waals surface area contributed by atoms with Gasteiger partial charge in [-0.25, -0.2) is 18.6 Å². The van der Waals surface area contributed by atoms with E-state index in [4.69, 9.17) is 4.98 Å². The van der Waals surface area contributed by atoms with E-state index in [-0.39, 0.29) is 30.1 Å².